The van der Waals surface area contributed by atoms with Crippen LogP contribution in [0.5, 0.6) is 0 Å². The molecule has 0 spiro atoms. The molecule has 1 aromatic heterocycles. The second kappa shape index (κ2) is 6.71. The van der Waals surface area contributed by atoms with E-state index >= 15 is 0 Å². The number of benzene rings is 1. The maximum Gasteiger partial charge on any atom is 0.269 e. The largest absolute Gasteiger partial charge is 0.349 e. The van der Waals surface area contributed by atoms with Crippen molar-refractivity contribution in [1.82, 2.24) is 15.2 Å². The van der Waals surface area contributed by atoms with Gasteiger partial charge in [-0.25, -0.2) is 8.42 Å². The Kier molecular flexibility index (Phi) is 4.67. The third-order valence-electron chi connectivity index (χ3n) is 5.17. The van der Waals surface area contributed by atoms with Crippen LogP contribution in [-0.4, -0.2) is 60.9 Å². The highest BCUT2D eigenvalue weighted by Gasteiger charge is 2.42. The van der Waals surface area contributed by atoms with Gasteiger partial charge in [0.25, 0.3) is 5.91 Å². The summed E-state index contributed by atoms with van der Waals surface area (Å²) in [7, 11) is -3.17. The van der Waals surface area contributed by atoms with Gasteiger partial charge in [-0.2, -0.15) is 0 Å². The number of hydrogen-bond acceptors (Lipinski definition) is 4. The number of amides is 1. The molecule has 0 radical (unpaired) electrons. The number of sulfone groups is 1. The van der Waals surface area contributed by atoms with Gasteiger partial charge in [-0.05, 0) is 44.1 Å². The Bertz CT molecular complexity index is 967. The molecule has 2 fully saturated rings. The zero-order chi connectivity index (χ0) is 18.5. The summed E-state index contributed by atoms with van der Waals surface area (Å²) in [5.74, 6) is -0.342. The summed E-state index contributed by atoms with van der Waals surface area (Å²) in [5, 5.41) is 4.37. The number of halogens is 2. The second-order valence-corrected chi connectivity index (χ2v) is 9.94. The van der Waals surface area contributed by atoms with Crippen LogP contribution in [0.15, 0.2) is 18.2 Å². The zero-order valence-electron chi connectivity index (χ0n) is 14.0. The number of rotatable bonds is 3. The summed E-state index contributed by atoms with van der Waals surface area (Å²) < 4.78 is 24.3. The van der Waals surface area contributed by atoms with Crippen LogP contribution in [-0.2, 0) is 9.84 Å². The Hall–Kier alpha value is -1.28. The molecule has 9 heteroatoms. The van der Waals surface area contributed by atoms with Crippen LogP contribution < -0.4 is 5.32 Å². The van der Waals surface area contributed by atoms with Gasteiger partial charge in [0.05, 0.1) is 22.6 Å². The Morgan fingerprint density at radius 3 is 2.65 bits per heavy atom. The summed E-state index contributed by atoms with van der Waals surface area (Å²) in [4.78, 5) is 17.9. The fourth-order valence-electron chi connectivity index (χ4n) is 3.93. The minimum absolute atomic E-state index is 0.0381. The molecule has 2 atom stereocenters. The van der Waals surface area contributed by atoms with Crippen molar-refractivity contribution in [2.75, 3.05) is 24.6 Å². The number of nitrogens with zero attached hydrogens (tertiary/aromatic N) is 1. The van der Waals surface area contributed by atoms with Gasteiger partial charge in [-0.3, -0.25) is 9.69 Å². The highest BCUT2D eigenvalue weighted by atomic mass is 35.5. The number of carbonyl (C=O) groups is 1. The number of H-pyrrole nitrogens is 1. The molecule has 3 heterocycles. The standard InChI is InChI=1S/C17H19Cl2N3O3S/c18-10-3-4-12-11(7-10)15(19)16(20-12)17(23)21-13-8-26(24,25)9-14(13)22-5-1-2-6-22/h3-4,7,13-14,20H,1-2,5-6,8-9H2,(H,21,23). The minimum atomic E-state index is -3.17. The fraction of sp³-hybridized carbons (Fsp3) is 0.471. The Morgan fingerprint density at radius 2 is 1.92 bits per heavy atom. The monoisotopic (exact) mass is 415 g/mol. The Labute approximate surface area is 161 Å². The molecule has 0 saturated carbocycles. The van der Waals surface area contributed by atoms with Gasteiger partial charge in [-0.15, -0.1) is 0 Å². The predicted molar refractivity (Wildman–Crippen MR) is 103 cm³/mol. The molecule has 2 aromatic rings. The van der Waals surface area contributed by atoms with E-state index in [2.05, 4.69) is 15.2 Å². The van der Waals surface area contributed by atoms with E-state index in [4.69, 9.17) is 23.2 Å². The number of aromatic nitrogens is 1. The van der Waals surface area contributed by atoms with Crippen LogP contribution in [0.2, 0.25) is 10.0 Å². The molecule has 2 aliphatic heterocycles. The van der Waals surface area contributed by atoms with Crippen molar-refractivity contribution in [2.45, 2.75) is 24.9 Å². The minimum Gasteiger partial charge on any atom is -0.349 e. The summed E-state index contributed by atoms with van der Waals surface area (Å²) >= 11 is 12.3. The second-order valence-electron chi connectivity index (χ2n) is 6.97. The van der Waals surface area contributed by atoms with Crippen molar-refractivity contribution in [3.05, 3.63) is 33.9 Å². The van der Waals surface area contributed by atoms with E-state index in [1.165, 1.54) is 0 Å². The average molecular weight is 416 g/mol. The maximum absolute atomic E-state index is 12.8. The summed E-state index contributed by atoms with van der Waals surface area (Å²) in [5.41, 5.74) is 0.938. The molecule has 2 N–H and O–H groups in total. The fourth-order valence-corrected chi connectivity index (χ4v) is 6.34. The third-order valence-corrected chi connectivity index (χ3v) is 7.52. The average Bonchev–Trinajstić information content (AvgIpc) is 3.26. The molecule has 0 aliphatic carbocycles. The van der Waals surface area contributed by atoms with E-state index < -0.39 is 21.8 Å². The topological polar surface area (TPSA) is 82.3 Å². The van der Waals surface area contributed by atoms with E-state index in [-0.39, 0.29) is 23.2 Å². The lowest BCUT2D eigenvalue weighted by atomic mass is 10.1. The first-order chi connectivity index (χ1) is 12.3. The summed E-state index contributed by atoms with van der Waals surface area (Å²) in [6.45, 7) is 1.75. The highest BCUT2D eigenvalue weighted by molar-refractivity contribution is 7.91. The molecule has 6 nitrogen and oxygen atoms in total. The van der Waals surface area contributed by atoms with Crippen LogP contribution in [0.25, 0.3) is 10.9 Å². The normalized spacial score (nSPS) is 25.8. The highest BCUT2D eigenvalue weighted by Crippen LogP contribution is 2.30. The number of likely N-dealkylation sites (tertiary alicyclic amines) is 1. The summed E-state index contributed by atoms with van der Waals surface area (Å²) in [6.07, 6.45) is 2.12. The lowest BCUT2D eigenvalue weighted by molar-refractivity contribution is 0.0914. The molecular formula is C17H19Cl2N3O3S. The quantitative estimate of drug-likeness (QED) is 0.806. The third kappa shape index (κ3) is 3.33. The Morgan fingerprint density at radius 1 is 1.19 bits per heavy atom. The molecule has 26 heavy (non-hydrogen) atoms. The van der Waals surface area contributed by atoms with Crippen molar-refractivity contribution in [3.8, 4) is 0 Å². The van der Waals surface area contributed by atoms with E-state index in [0.29, 0.717) is 20.9 Å². The predicted octanol–water partition coefficient (Wildman–Crippen LogP) is 2.47. The van der Waals surface area contributed by atoms with E-state index in [0.717, 1.165) is 25.9 Å². The molecule has 0 bridgehead atoms. The Balaban J connectivity index is 1.59. The molecule has 1 amide bonds. The van der Waals surface area contributed by atoms with Crippen molar-refractivity contribution in [1.29, 1.82) is 0 Å². The number of nitrogens with one attached hydrogen (secondary N) is 2. The summed E-state index contributed by atoms with van der Waals surface area (Å²) in [6, 6.07) is 4.55. The van der Waals surface area contributed by atoms with Crippen LogP contribution in [0, 0.1) is 0 Å². The van der Waals surface area contributed by atoms with Crippen molar-refractivity contribution in [3.63, 3.8) is 0 Å². The number of carbonyl (C=O) groups excluding carboxylic acids is 1. The van der Waals surface area contributed by atoms with Gasteiger partial charge in [0.1, 0.15) is 5.69 Å². The lowest BCUT2D eigenvalue weighted by Gasteiger charge is -2.28. The van der Waals surface area contributed by atoms with E-state index in [1.807, 2.05) is 0 Å². The van der Waals surface area contributed by atoms with E-state index in [1.54, 1.807) is 18.2 Å². The van der Waals surface area contributed by atoms with Crippen LogP contribution in [0.3, 0.4) is 0 Å². The smallest absolute Gasteiger partial charge is 0.269 e. The molecule has 1 aromatic carbocycles. The van der Waals surface area contributed by atoms with Crippen molar-refractivity contribution >= 4 is 49.8 Å². The van der Waals surface area contributed by atoms with Gasteiger partial charge in [0, 0.05) is 22.0 Å². The first-order valence-electron chi connectivity index (χ1n) is 8.56. The number of hydrogen-bond donors (Lipinski definition) is 2. The molecule has 140 valence electrons. The maximum atomic E-state index is 12.8. The first kappa shape index (κ1) is 18.1. The van der Waals surface area contributed by atoms with Crippen molar-refractivity contribution < 1.29 is 13.2 Å². The molecule has 2 aliphatic rings. The number of aromatic amines is 1. The van der Waals surface area contributed by atoms with Gasteiger partial charge in [-0.1, -0.05) is 23.2 Å². The van der Waals surface area contributed by atoms with Gasteiger partial charge in [0.2, 0.25) is 0 Å². The van der Waals surface area contributed by atoms with Crippen molar-refractivity contribution in [2.24, 2.45) is 0 Å². The van der Waals surface area contributed by atoms with Gasteiger partial charge < -0.3 is 10.3 Å². The lowest BCUT2D eigenvalue weighted by Crippen LogP contribution is -2.50. The van der Waals surface area contributed by atoms with Gasteiger partial charge >= 0.3 is 0 Å². The van der Waals surface area contributed by atoms with Gasteiger partial charge in [0.15, 0.2) is 9.84 Å². The molecule has 4 rings (SSSR count). The SMILES string of the molecule is O=C(NC1CS(=O)(=O)CC1N1CCCC1)c1[nH]c2ccc(Cl)cc2c1Cl. The zero-order valence-corrected chi connectivity index (χ0v) is 16.3. The molecule has 2 unspecified atom stereocenters. The molecule has 2 saturated heterocycles. The first-order valence-corrected chi connectivity index (χ1v) is 11.1. The van der Waals surface area contributed by atoms with Crippen LogP contribution >= 0.6 is 23.2 Å². The van der Waals surface area contributed by atoms with E-state index in [9.17, 15) is 13.2 Å². The van der Waals surface area contributed by atoms with Crippen LogP contribution in [0.1, 0.15) is 23.3 Å². The number of fused-ring (bicyclic) bond motifs is 1. The molecular weight excluding hydrogens is 397 g/mol. The van der Waals surface area contributed by atoms with Crippen LogP contribution in [0.4, 0.5) is 0 Å².